The molecule has 0 aliphatic rings. The summed E-state index contributed by atoms with van der Waals surface area (Å²) in [6.07, 6.45) is -2.36. The van der Waals surface area contributed by atoms with E-state index in [4.69, 9.17) is 4.74 Å². The minimum Gasteiger partial charge on any atom is -0.458 e. The molecule has 0 aliphatic heterocycles. The second-order valence-electron chi connectivity index (χ2n) is 10.7. The van der Waals surface area contributed by atoms with Crippen LogP contribution < -0.4 is 20.4 Å². The molecule has 2 heterocycles. The van der Waals surface area contributed by atoms with Crippen LogP contribution in [0.5, 0.6) is 0 Å². The second-order valence-corrected chi connectivity index (χ2v) is 10.7. The van der Waals surface area contributed by atoms with Crippen LogP contribution in [0.4, 0.5) is 42.1 Å². The zero-order chi connectivity index (χ0) is 31.8. The lowest BCUT2D eigenvalue weighted by atomic mass is 10.0. The molecule has 0 spiro atoms. The first-order valence-corrected chi connectivity index (χ1v) is 13.9. The third kappa shape index (κ3) is 9.29. The van der Waals surface area contributed by atoms with Gasteiger partial charge in [-0.1, -0.05) is 12.1 Å². The van der Waals surface area contributed by atoms with Crippen molar-refractivity contribution in [2.75, 3.05) is 40.6 Å². The lowest BCUT2D eigenvalue weighted by Crippen LogP contribution is -2.39. The number of amides is 1. The van der Waals surface area contributed by atoms with Crippen LogP contribution in [0.1, 0.15) is 45.7 Å². The van der Waals surface area contributed by atoms with Crippen LogP contribution in [-0.4, -0.2) is 65.3 Å². The number of alkyl halides is 3. The van der Waals surface area contributed by atoms with Crippen LogP contribution in [0, 0.1) is 0 Å². The molecule has 232 valence electrons. The lowest BCUT2D eigenvalue weighted by Gasteiger charge is -2.27. The van der Waals surface area contributed by atoms with Gasteiger partial charge in [0.2, 0.25) is 12.4 Å². The zero-order valence-electron chi connectivity index (χ0n) is 25.2. The van der Waals surface area contributed by atoms with E-state index >= 15 is 0 Å². The number of carbonyl (C=O) groups excluding carboxylic acids is 2. The topological polar surface area (TPSA) is 113 Å². The van der Waals surface area contributed by atoms with E-state index < -0.39 is 30.2 Å². The molecular weight excluding hydrogens is 563 g/mol. The summed E-state index contributed by atoms with van der Waals surface area (Å²) in [5.41, 5.74) is 0.818. The van der Waals surface area contributed by atoms with Gasteiger partial charge in [0.15, 0.2) is 5.82 Å². The van der Waals surface area contributed by atoms with Gasteiger partial charge in [-0.2, -0.15) is 18.2 Å². The van der Waals surface area contributed by atoms with Crippen LogP contribution in [0.2, 0.25) is 0 Å². The monoisotopic (exact) mass is 601 g/mol. The van der Waals surface area contributed by atoms with Crippen molar-refractivity contribution in [2.45, 2.75) is 65.3 Å². The Bertz CT molecular complexity index is 1370. The summed E-state index contributed by atoms with van der Waals surface area (Å²) in [6.45, 7) is 9.98. The average molecular weight is 602 g/mol. The quantitative estimate of drug-likeness (QED) is 0.193. The Balaban J connectivity index is 1.97. The molecule has 1 atom stereocenters. The molecule has 0 saturated carbocycles. The molecule has 0 fully saturated rings. The number of halogens is 3. The number of anilines is 5. The van der Waals surface area contributed by atoms with Crippen molar-refractivity contribution in [1.29, 1.82) is 0 Å². The summed E-state index contributed by atoms with van der Waals surface area (Å²) >= 11 is 0. The maximum absolute atomic E-state index is 13.5. The first kappa shape index (κ1) is 33.1. The Labute approximate surface area is 249 Å². The molecule has 1 aromatic carbocycles. The second kappa shape index (κ2) is 14.2. The zero-order valence-corrected chi connectivity index (χ0v) is 25.2. The van der Waals surface area contributed by atoms with Crippen molar-refractivity contribution >= 4 is 41.3 Å². The van der Waals surface area contributed by atoms with Crippen LogP contribution in [0.15, 0.2) is 48.8 Å². The van der Waals surface area contributed by atoms with Crippen LogP contribution >= 0.6 is 0 Å². The SMILES string of the molecule is CCN(CC)c1ncc(CC(F)(F)F)c(NC(Cc2ccc(N(C=O)c3ncccc3NC)cc2)C(=O)OC(C)(C)C)n1. The fourth-order valence-electron chi connectivity index (χ4n) is 4.30. The number of rotatable bonds is 13. The summed E-state index contributed by atoms with van der Waals surface area (Å²) in [5, 5.41) is 5.94. The number of esters is 1. The predicted molar refractivity (Wildman–Crippen MR) is 161 cm³/mol. The number of carbonyl (C=O) groups is 2. The molecule has 13 heteroatoms. The Morgan fingerprint density at radius 2 is 1.74 bits per heavy atom. The maximum Gasteiger partial charge on any atom is 0.393 e. The molecule has 2 N–H and O–H groups in total. The van der Waals surface area contributed by atoms with E-state index in [0.717, 1.165) is 6.20 Å². The third-order valence-electron chi connectivity index (χ3n) is 6.34. The van der Waals surface area contributed by atoms with Crippen LogP contribution in [0.25, 0.3) is 0 Å². The summed E-state index contributed by atoms with van der Waals surface area (Å²) in [5.74, 6) is -0.0936. The minimum atomic E-state index is -4.51. The Kier molecular flexibility index (Phi) is 10.9. The fraction of sp³-hybridized carbons (Fsp3) is 0.433. The fourth-order valence-corrected chi connectivity index (χ4v) is 4.30. The number of nitrogens with one attached hydrogen (secondary N) is 2. The molecule has 3 rings (SSSR count). The van der Waals surface area contributed by atoms with Crippen LogP contribution in [-0.2, 0) is 27.2 Å². The van der Waals surface area contributed by atoms with Crippen molar-refractivity contribution in [2.24, 2.45) is 0 Å². The number of ether oxygens (including phenoxy) is 1. The Hall–Kier alpha value is -4.42. The van der Waals surface area contributed by atoms with Gasteiger partial charge in [0.1, 0.15) is 17.5 Å². The molecular formula is C30H38F3N7O3. The summed E-state index contributed by atoms with van der Waals surface area (Å²) < 4.78 is 46.0. The summed E-state index contributed by atoms with van der Waals surface area (Å²) in [6, 6.07) is 9.30. The third-order valence-corrected chi connectivity index (χ3v) is 6.34. The van der Waals surface area contributed by atoms with Gasteiger partial charge in [-0.3, -0.25) is 9.69 Å². The Morgan fingerprint density at radius 3 is 2.30 bits per heavy atom. The maximum atomic E-state index is 13.5. The highest BCUT2D eigenvalue weighted by Crippen LogP contribution is 2.30. The van der Waals surface area contributed by atoms with Gasteiger partial charge < -0.3 is 20.3 Å². The molecule has 1 amide bonds. The molecule has 0 aliphatic carbocycles. The predicted octanol–water partition coefficient (Wildman–Crippen LogP) is 5.52. The molecule has 1 unspecified atom stereocenters. The van der Waals surface area contributed by atoms with Gasteiger partial charge in [-0.05, 0) is 64.4 Å². The molecule has 0 radical (unpaired) electrons. The number of pyridine rings is 1. The number of hydrogen-bond donors (Lipinski definition) is 2. The van der Waals surface area contributed by atoms with E-state index in [1.807, 2.05) is 13.8 Å². The average Bonchev–Trinajstić information content (AvgIpc) is 2.94. The van der Waals surface area contributed by atoms with E-state index in [1.54, 1.807) is 75.3 Å². The van der Waals surface area contributed by atoms with E-state index in [0.29, 0.717) is 42.3 Å². The number of hydrogen-bond acceptors (Lipinski definition) is 9. The van der Waals surface area contributed by atoms with Gasteiger partial charge in [-0.25, -0.2) is 14.8 Å². The van der Waals surface area contributed by atoms with Crippen molar-refractivity contribution in [3.05, 3.63) is 59.9 Å². The molecule has 2 aromatic heterocycles. The van der Waals surface area contributed by atoms with E-state index in [1.165, 1.54) is 4.90 Å². The van der Waals surface area contributed by atoms with Gasteiger partial charge in [0, 0.05) is 44.5 Å². The van der Waals surface area contributed by atoms with Crippen molar-refractivity contribution in [3.8, 4) is 0 Å². The summed E-state index contributed by atoms with van der Waals surface area (Å²) in [4.78, 5) is 41.4. The highest BCUT2D eigenvalue weighted by molar-refractivity contribution is 5.89. The standard InChI is InChI=1S/C30H38F3N7O3/c1-7-39(8-2)28-36-18-21(17-30(31,32)33)25(38-28)37-24(27(42)43-29(3,4)5)16-20-11-13-22(14-12-20)40(19-41)26-23(34-6)10-9-15-35-26/h9-15,18-19,24,34H,7-8,16-17H2,1-6H3,(H,36,37,38). The molecule has 3 aromatic rings. The van der Waals surface area contributed by atoms with Gasteiger partial charge in [0.05, 0.1) is 17.8 Å². The summed E-state index contributed by atoms with van der Waals surface area (Å²) in [7, 11) is 1.72. The number of benzene rings is 1. The number of nitrogens with zero attached hydrogens (tertiary/aromatic N) is 5. The smallest absolute Gasteiger partial charge is 0.393 e. The van der Waals surface area contributed by atoms with E-state index in [9.17, 15) is 22.8 Å². The lowest BCUT2D eigenvalue weighted by molar-refractivity contribution is -0.155. The van der Waals surface area contributed by atoms with Crippen molar-refractivity contribution < 1.29 is 27.5 Å². The highest BCUT2D eigenvalue weighted by Gasteiger charge is 2.32. The molecule has 0 bridgehead atoms. The number of aromatic nitrogens is 3. The van der Waals surface area contributed by atoms with Gasteiger partial charge >= 0.3 is 12.1 Å². The minimum absolute atomic E-state index is 0.0672. The first-order chi connectivity index (χ1) is 20.3. The van der Waals surface area contributed by atoms with Gasteiger partial charge in [0.25, 0.3) is 0 Å². The molecule has 10 nitrogen and oxygen atoms in total. The molecule has 43 heavy (non-hydrogen) atoms. The first-order valence-electron chi connectivity index (χ1n) is 13.9. The van der Waals surface area contributed by atoms with Crippen LogP contribution in [0.3, 0.4) is 0 Å². The Morgan fingerprint density at radius 1 is 1.07 bits per heavy atom. The van der Waals surface area contributed by atoms with Crippen molar-refractivity contribution in [1.82, 2.24) is 15.0 Å². The van der Waals surface area contributed by atoms with E-state index in [2.05, 4.69) is 25.6 Å². The van der Waals surface area contributed by atoms with Crippen molar-refractivity contribution in [3.63, 3.8) is 0 Å². The highest BCUT2D eigenvalue weighted by atomic mass is 19.4. The normalized spacial score (nSPS) is 12.3. The molecule has 0 saturated heterocycles. The largest absolute Gasteiger partial charge is 0.458 e. The van der Waals surface area contributed by atoms with Gasteiger partial charge in [-0.15, -0.1) is 0 Å². The van der Waals surface area contributed by atoms with E-state index in [-0.39, 0.29) is 23.8 Å².